The topological polar surface area (TPSA) is 97.0 Å². The van der Waals surface area contributed by atoms with Crippen molar-refractivity contribution in [3.05, 3.63) is 33.8 Å². The normalized spacial score (nSPS) is 18.1. The van der Waals surface area contributed by atoms with E-state index in [1.54, 1.807) is 15.5 Å². The highest BCUT2D eigenvalue weighted by Gasteiger charge is 2.30. The van der Waals surface area contributed by atoms with Crippen LogP contribution >= 0.6 is 0 Å². The number of hydrogen-bond acceptors (Lipinski definition) is 5. The van der Waals surface area contributed by atoms with Crippen LogP contribution in [0, 0.1) is 5.92 Å². The van der Waals surface area contributed by atoms with Crippen molar-refractivity contribution in [1.29, 1.82) is 0 Å². The summed E-state index contributed by atoms with van der Waals surface area (Å²) in [7, 11) is 0. The number of nitrogens with one attached hydrogen (secondary N) is 1. The molecule has 3 heterocycles. The van der Waals surface area contributed by atoms with E-state index in [4.69, 9.17) is 4.52 Å². The quantitative estimate of drug-likeness (QED) is 0.889. The van der Waals surface area contributed by atoms with Crippen molar-refractivity contribution >= 4 is 5.91 Å². The average Bonchev–Trinajstić information content (AvgIpc) is 3.20. The van der Waals surface area contributed by atoms with Crippen LogP contribution in [0.1, 0.15) is 61.6 Å². The second-order valence-corrected chi connectivity index (χ2v) is 7.00. The van der Waals surface area contributed by atoms with Gasteiger partial charge in [0.1, 0.15) is 5.82 Å². The Morgan fingerprint density at radius 1 is 1.48 bits per heavy atom. The Balaban J connectivity index is 1.73. The van der Waals surface area contributed by atoms with Crippen LogP contribution in [0.5, 0.6) is 0 Å². The van der Waals surface area contributed by atoms with Gasteiger partial charge < -0.3 is 9.42 Å². The van der Waals surface area contributed by atoms with Crippen LogP contribution in [0.3, 0.4) is 0 Å². The van der Waals surface area contributed by atoms with Gasteiger partial charge in [-0.3, -0.25) is 9.36 Å². The Morgan fingerprint density at radius 2 is 2.28 bits per heavy atom. The number of piperidine rings is 1. The molecule has 0 unspecified atom stereocenters. The Kier molecular flexibility index (Phi) is 5.06. The molecule has 136 valence electrons. The van der Waals surface area contributed by atoms with E-state index in [9.17, 15) is 9.59 Å². The van der Waals surface area contributed by atoms with Gasteiger partial charge in [-0.25, -0.2) is 9.89 Å². The molecule has 1 atom stereocenters. The smallest absolute Gasteiger partial charge is 0.343 e. The fourth-order valence-electron chi connectivity index (χ4n) is 3.40. The number of nitrogens with zero attached hydrogens (tertiary/aromatic N) is 4. The van der Waals surface area contributed by atoms with Crippen LogP contribution < -0.4 is 5.69 Å². The molecule has 1 fully saturated rings. The highest BCUT2D eigenvalue weighted by Crippen LogP contribution is 2.26. The molecule has 1 aliphatic heterocycles. The molecule has 0 aliphatic carbocycles. The van der Waals surface area contributed by atoms with Crippen molar-refractivity contribution in [2.45, 2.75) is 52.5 Å². The van der Waals surface area contributed by atoms with Crippen molar-refractivity contribution < 1.29 is 9.32 Å². The minimum Gasteiger partial charge on any atom is -0.351 e. The lowest BCUT2D eigenvalue weighted by Crippen LogP contribution is -2.40. The van der Waals surface area contributed by atoms with Crippen molar-refractivity contribution in [3.63, 3.8) is 0 Å². The van der Waals surface area contributed by atoms with E-state index in [2.05, 4.69) is 29.2 Å². The summed E-state index contributed by atoms with van der Waals surface area (Å²) < 4.78 is 6.89. The van der Waals surface area contributed by atoms with Gasteiger partial charge in [0, 0.05) is 31.6 Å². The largest absolute Gasteiger partial charge is 0.351 e. The molecule has 1 amide bonds. The number of likely N-dealkylation sites (tertiary alicyclic amines) is 1. The summed E-state index contributed by atoms with van der Waals surface area (Å²) in [6, 6.07) is 1.74. The summed E-state index contributed by atoms with van der Waals surface area (Å²) in [6.07, 6.45) is 2.56. The fraction of sp³-hybridized carbons (Fsp3) is 0.647. The molecule has 0 radical (unpaired) electrons. The van der Waals surface area contributed by atoms with Crippen LogP contribution in [0.2, 0.25) is 0 Å². The van der Waals surface area contributed by atoms with Gasteiger partial charge >= 0.3 is 5.69 Å². The maximum Gasteiger partial charge on any atom is 0.343 e. The maximum atomic E-state index is 12.7. The summed E-state index contributed by atoms with van der Waals surface area (Å²) in [4.78, 5) is 26.3. The molecule has 1 saturated heterocycles. The molecule has 0 bridgehead atoms. The van der Waals surface area contributed by atoms with Gasteiger partial charge in [-0.15, -0.1) is 0 Å². The number of hydrogen-bond donors (Lipinski definition) is 1. The predicted octanol–water partition coefficient (Wildman–Crippen LogP) is 1.80. The standard InChI is InChI=1S/C17H25N5O3/c1-4-22-15(18-19-17(22)24)12-6-5-7-21(10-12)16(23)14-9-13(20-25-14)8-11(2)3/h9,11-12H,4-8,10H2,1-3H3,(H,19,24)/t12-/m1/s1. The third kappa shape index (κ3) is 3.67. The highest BCUT2D eigenvalue weighted by atomic mass is 16.5. The van der Waals surface area contributed by atoms with E-state index < -0.39 is 0 Å². The first-order valence-corrected chi connectivity index (χ1v) is 8.89. The third-order valence-electron chi connectivity index (χ3n) is 4.56. The first-order chi connectivity index (χ1) is 12.0. The number of carbonyl (C=O) groups is 1. The lowest BCUT2D eigenvalue weighted by atomic mass is 9.97. The number of aromatic amines is 1. The molecular weight excluding hydrogens is 322 g/mol. The van der Waals surface area contributed by atoms with Crippen LogP contribution in [-0.4, -0.2) is 43.8 Å². The van der Waals surface area contributed by atoms with Gasteiger partial charge in [-0.2, -0.15) is 5.10 Å². The van der Waals surface area contributed by atoms with Crippen molar-refractivity contribution in [2.75, 3.05) is 13.1 Å². The molecule has 25 heavy (non-hydrogen) atoms. The lowest BCUT2D eigenvalue weighted by molar-refractivity contribution is 0.0661. The minimum absolute atomic E-state index is 0.0506. The Morgan fingerprint density at radius 3 is 3.00 bits per heavy atom. The van der Waals surface area contributed by atoms with Gasteiger partial charge in [0.25, 0.3) is 5.91 Å². The van der Waals surface area contributed by atoms with E-state index in [-0.39, 0.29) is 23.3 Å². The monoisotopic (exact) mass is 347 g/mol. The van der Waals surface area contributed by atoms with Gasteiger partial charge in [0.15, 0.2) is 0 Å². The second kappa shape index (κ2) is 7.25. The average molecular weight is 347 g/mol. The summed E-state index contributed by atoms with van der Waals surface area (Å²) >= 11 is 0. The zero-order valence-corrected chi connectivity index (χ0v) is 15.0. The van der Waals surface area contributed by atoms with E-state index in [0.717, 1.165) is 30.8 Å². The molecule has 0 spiro atoms. The Labute approximate surface area is 146 Å². The van der Waals surface area contributed by atoms with E-state index in [1.165, 1.54) is 0 Å². The van der Waals surface area contributed by atoms with Gasteiger partial charge in [-0.05, 0) is 32.1 Å². The SMILES string of the molecule is CCn1c([C@@H]2CCCN(C(=O)c3cc(CC(C)C)no3)C2)n[nH]c1=O. The van der Waals surface area contributed by atoms with Gasteiger partial charge in [0.05, 0.1) is 5.69 Å². The summed E-state index contributed by atoms with van der Waals surface area (Å²) in [5.41, 5.74) is 0.605. The zero-order chi connectivity index (χ0) is 18.0. The highest BCUT2D eigenvalue weighted by molar-refractivity contribution is 5.91. The molecule has 1 N–H and O–H groups in total. The van der Waals surface area contributed by atoms with E-state index in [0.29, 0.717) is 25.6 Å². The molecule has 8 nitrogen and oxygen atoms in total. The Bertz CT molecular complexity index is 788. The Hall–Kier alpha value is -2.38. The fourth-order valence-corrected chi connectivity index (χ4v) is 3.40. The number of carbonyl (C=O) groups excluding carboxylic acids is 1. The van der Waals surface area contributed by atoms with Crippen LogP contribution in [0.15, 0.2) is 15.4 Å². The zero-order valence-electron chi connectivity index (χ0n) is 15.0. The molecule has 2 aromatic rings. The molecule has 0 saturated carbocycles. The van der Waals surface area contributed by atoms with Gasteiger partial charge in [-0.1, -0.05) is 19.0 Å². The third-order valence-corrected chi connectivity index (χ3v) is 4.56. The maximum absolute atomic E-state index is 12.7. The first kappa shape index (κ1) is 17.4. The second-order valence-electron chi connectivity index (χ2n) is 7.00. The first-order valence-electron chi connectivity index (χ1n) is 8.89. The predicted molar refractivity (Wildman–Crippen MR) is 91.4 cm³/mol. The number of H-pyrrole nitrogens is 1. The summed E-state index contributed by atoms with van der Waals surface area (Å²) in [6.45, 7) is 7.89. The van der Waals surface area contributed by atoms with Crippen molar-refractivity contribution in [3.8, 4) is 0 Å². The number of aromatic nitrogens is 4. The molecule has 8 heteroatoms. The molecule has 2 aromatic heterocycles. The molecular formula is C17H25N5O3. The molecule has 3 rings (SSSR count). The molecule has 0 aromatic carbocycles. The van der Waals surface area contributed by atoms with Crippen LogP contribution in [0.25, 0.3) is 0 Å². The van der Waals surface area contributed by atoms with Crippen LogP contribution in [-0.2, 0) is 13.0 Å². The van der Waals surface area contributed by atoms with Gasteiger partial charge in [0.2, 0.25) is 5.76 Å². The van der Waals surface area contributed by atoms with Crippen LogP contribution in [0.4, 0.5) is 0 Å². The minimum atomic E-state index is -0.200. The van der Waals surface area contributed by atoms with Crippen molar-refractivity contribution in [2.24, 2.45) is 5.92 Å². The summed E-state index contributed by atoms with van der Waals surface area (Å²) in [5.74, 6) is 1.37. The molecule has 1 aliphatic rings. The lowest BCUT2D eigenvalue weighted by Gasteiger charge is -2.31. The number of amides is 1. The van der Waals surface area contributed by atoms with E-state index >= 15 is 0 Å². The summed E-state index contributed by atoms with van der Waals surface area (Å²) in [5, 5.41) is 10.7. The van der Waals surface area contributed by atoms with E-state index in [1.807, 2.05) is 6.92 Å². The van der Waals surface area contributed by atoms with Crippen molar-refractivity contribution in [1.82, 2.24) is 24.8 Å². The number of rotatable bonds is 5.